The summed E-state index contributed by atoms with van der Waals surface area (Å²) in [5.41, 5.74) is 0. The zero-order valence-electron chi connectivity index (χ0n) is 5.50. The van der Waals surface area contributed by atoms with Crippen LogP contribution in [0.3, 0.4) is 0 Å². The third-order valence-corrected chi connectivity index (χ3v) is 3.17. The van der Waals surface area contributed by atoms with E-state index in [2.05, 4.69) is 0 Å². The molecule has 0 aliphatic carbocycles. The second kappa shape index (κ2) is 2.48. The van der Waals surface area contributed by atoms with Crippen LogP contribution in [0.2, 0.25) is 0 Å². The lowest BCUT2D eigenvalue weighted by molar-refractivity contribution is 0.164. The number of hydrogen-bond acceptors (Lipinski definition) is 3. The molecule has 1 heterocycles. The Kier molecular flexibility index (Phi) is 2.03. The fourth-order valence-corrected chi connectivity index (χ4v) is 2.14. The highest BCUT2D eigenvalue weighted by Crippen LogP contribution is 2.37. The number of thioether (sulfide) groups is 1. The molecule has 0 aromatic rings. The summed E-state index contributed by atoms with van der Waals surface area (Å²) in [5, 5.41) is 17.9. The minimum absolute atomic E-state index is 0.0700. The van der Waals surface area contributed by atoms with E-state index in [0.29, 0.717) is 0 Å². The SMILES string of the molecule is CC1(CO)C[C@H](O)CS1. The van der Waals surface area contributed by atoms with E-state index in [-0.39, 0.29) is 17.5 Å². The Morgan fingerprint density at radius 3 is 2.67 bits per heavy atom. The van der Waals surface area contributed by atoms with E-state index < -0.39 is 0 Å². The normalized spacial score (nSPS) is 43.7. The average Bonchev–Trinajstić information content (AvgIpc) is 2.13. The molecule has 0 saturated carbocycles. The van der Waals surface area contributed by atoms with Gasteiger partial charge in [0.15, 0.2) is 0 Å². The summed E-state index contributed by atoms with van der Waals surface area (Å²) < 4.78 is -0.0700. The summed E-state index contributed by atoms with van der Waals surface area (Å²) in [7, 11) is 0. The van der Waals surface area contributed by atoms with E-state index in [1.165, 1.54) is 0 Å². The monoisotopic (exact) mass is 148 g/mol. The molecule has 1 unspecified atom stereocenters. The van der Waals surface area contributed by atoms with Crippen LogP contribution in [-0.4, -0.2) is 33.4 Å². The molecule has 3 heteroatoms. The topological polar surface area (TPSA) is 40.5 Å². The van der Waals surface area contributed by atoms with Gasteiger partial charge in [-0.25, -0.2) is 0 Å². The molecule has 1 aliphatic heterocycles. The summed E-state index contributed by atoms with van der Waals surface area (Å²) in [6, 6.07) is 0. The van der Waals surface area contributed by atoms with Crippen molar-refractivity contribution < 1.29 is 10.2 Å². The predicted molar refractivity (Wildman–Crippen MR) is 38.6 cm³/mol. The Bertz CT molecular complexity index is 107. The zero-order valence-corrected chi connectivity index (χ0v) is 6.32. The number of hydrogen-bond donors (Lipinski definition) is 2. The van der Waals surface area contributed by atoms with Gasteiger partial charge in [0.1, 0.15) is 0 Å². The van der Waals surface area contributed by atoms with Gasteiger partial charge in [-0.2, -0.15) is 11.8 Å². The molecule has 0 aromatic carbocycles. The van der Waals surface area contributed by atoms with Crippen LogP contribution in [0.25, 0.3) is 0 Å². The smallest absolute Gasteiger partial charge is 0.0644 e. The van der Waals surface area contributed by atoms with Crippen molar-refractivity contribution in [2.24, 2.45) is 0 Å². The van der Waals surface area contributed by atoms with Crippen molar-refractivity contribution >= 4 is 11.8 Å². The van der Waals surface area contributed by atoms with Gasteiger partial charge in [0.05, 0.1) is 12.7 Å². The van der Waals surface area contributed by atoms with Crippen LogP contribution in [0.1, 0.15) is 13.3 Å². The Labute approximate surface area is 59.3 Å². The van der Waals surface area contributed by atoms with Gasteiger partial charge < -0.3 is 10.2 Å². The molecular weight excluding hydrogens is 136 g/mol. The van der Waals surface area contributed by atoms with E-state index in [1.807, 2.05) is 6.92 Å². The first-order valence-corrected chi connectivity index (χ1v) is 4.08. The van der Waals surface area contributed by atoms with Crippen molar-refractivity contribution in [3.63, 3.8) is 0 Å². The van der Waals surface area contributed by atoms with Crippen LogP contribution < -0.4 is 0 Å². The second-order valence-corrected chi connectivity index (χ2v) is 4.38. The molecule has 0 amide bonds. The standard InChI is InChI=1S/C6H12O2S/c1-6(4-7)2-5(8)3-9-6/h5,7-8H,2-4H2,1H3/t5-,6?/m0/s1. The lowest BCUT2D eigenvalue weighted by atomic mass is 10.1. The Balaban J connectivity index is 2.45. The molecule has 2 nitrogen and oxygen atoms in total. The third kappa shape index (κ3) is 1.60. The van der Waals surface area contributed by atoms with Crippen LogP contribution >= 0.6 is 11.8 Å². The minimum atomic E-state index is -0.202. The molecule has 0 radical (unpaired) electrons. The van der Waals surface area contributed by atoms with Gasteiger partial charge in [-0.3, -0.25) is 0 Å². The fourth-order valence-electron chi connectivity index (χ4n) is 1.02. The number of aliphatic hydroxyl groups excluding tert-OH is 2. The van der Waals surface area contributed by atoms with Crippen molar-refractivity contribution in [2.45, 2.75) is 24.2 Å². The third-order valence-electron chi connectivity index (χ3n) is 1.63. The maximum absolute atomic E-state index is 9.06. The average molecular weight is 148 g/mol. The van der Waals surface area contributed by atoms with Gasteiger partial charge in [0.25, 0.3) is 0 Å². The molecule has 2 N–H and O–H groups in total. The number of aliphatic hydroxyl groups is 2. The van der Waals surface area contributed by atoms with Gasteiger partial charge in [-0.05, 0) is 13.3 Å². The molecule has 0 aromatic heterocycles. The Morgan fingerprint density at radius 2 is 2.44 bits per heavy atom. The summed E-state index contributed by atoms with van der Waals surface area (Å²) in [4.78, 5) is 0. The van der Waals surface area contributed by atoms with E-state index >= 15 is 0 Å². The van der Waals surface area contributed by atoms with Gasteiger partial charge in [0, 0.05) is 10.5 Å². The van der Waals surface area contributed by atoms with Crippen LogP contribution in [0.5, 0.6) is 0 Å². The zero-order chi connectivity index (χ0) is 6.91. The second-order valence-electron chi connectivity index (χ2n) is 2.78. The van der Waals surface area contributed by atoms with Crippen molar-refractivity contribution in [2.75, 3.05) is 12.4 Å². The van der Waals surface area contributed by atoms with Crippen molar-refractivity contribution in [1.82, 2.24) is 0 Å². The Morgan fingerprint density at radius 1 is 1.78 bits per heavy atom. The lowest BCUT2D eigenvalue weighted by Gasteiger charge is -2.17. The van der Waals surface area contributed by atoms with Gasteiger partial charge in [-0.1, -0.05) is 0 Å². The first kappa shape index (κ1) is 7.38. The highest BCUT2D eigenvalue weighted by atomic mass is 32.2. The fraction of sp³-hybridized carbons (Fsp3) is 1.00. The highest BCUT2D eigenvalue weighted by Gasteiger charge is 2.33. The van der Waals surface area contributed by atoms with E-state index in [4.69, 9.17) is 10.2 Å². The molecule has 2 atom stereocenters. The molecule has 1 fully saturated rings. The first-order valence-electron chi connectivity index (χ1n) is 3.09. The summed E-state index contributed by atoms with van der Waals surface area (Å²) in [6.45, 7) is 2.16. The summed E-state index contributed by atoms with van der Waals surface area (Å²) in [5.74, 6) is 0.775. The van der Waals surface area contributed by atoms with E-state index in [1.54, 1.807) is 11.8 Å². The highest BCUT2D eigenvalue weighted by molar-refractivity contribution is 8.01. The molecule has 9 heavy (non-hydrogen) atoms. The maximum atomic E-state index is 9.06. The summed E-state index contributed by atoms with van der Waals surface area (Å²) in [6.07, 6.45) is 0.529. The molecule has 1 saturated heterocycles. The van der Waals surface area contributed by atoms with Crippen LogP contribution in [-0.2, 0) is 0 Å². The molecule has 0 spiro atoms. The molecule has 1 aliphatic rings. The van der Waals surface area contributed by atoms with Crippen LogP contribution in [0.15, 0.2) is 0 Å². The summed E-state index contributed by atoms with van der Waals surface area (Å²) >= 11 is 1.65. The first-order chi connectivity index (χ1) is 4.16. The van der Waals surface area contributed by atoms with Gasteiger partial charge in [-0.15, -0.1) is 0 Å². The van der Waals surface area contributed by atoms with Gasteiger partial charge in [0.2, 0.25) is 0 Å². The quantitative estimate of drug-likeness (QED) is 0.559. The maximum Gasteiger partial charge on any atom is 0.0644 e. The van der Waals surface area contributed by atoms with E-state index in [0.717, 1.165) is 12.2 Å². The molecule has 54 valence electrons. The largest absolute Gasteiger partial charge is 0.395 e. The minimum Gasteiger partial charge on any atom is -0.395 e. The lowest BCUT2D eigenvalue weighted by Crippen LogP contribution is -2.23. The van der Waals surface area contributed by atoms with Crippen LogP contribution in [0.4, 0.5) is 0 Å². The van der Waals surface area contributed by atoms with Crippen LogP contribution in [0, 0.1) is 0 Å². The van der Waals surface area contributed by atoms with Crippen molar-refractivity contribution in [3.05, 3.63) is 0 Å². The molecule has 1 rings (SSSR count). The predicted octanol–water partition coefficient (Wildman–Crippen LogP) is 0.235. The van der Waals surface area contributed by atoms with Crippen molar-refractivity contribution in [1.29, 1.82) is 0 Å². The molecular formula is C6H12O2S. The molecule has 0 bridgehead atoms. The van der Waals surface area contributed by atoms with E-state index in [9.17, 15) is 0 Å². The van der Waals surface area contributed by atoms with Gasteiger partial charge >= 0.3 is 0 Å². The number of rotatable bonds is 1. The Hall–Kier alpha value is 0.270. The van der Waals surface area contributed by atoms with Crippen molar-refractivity contribution in [3.8, 4) is 0 Å².